The van der Waals surface area contributed by atoms with Gasteiger partial charge in [-0.3, -0.25) is 9.59 Å². The molecule has 1 aromatic carbocycles. The summed E-state index contributed by atoms with van der Waals surface area (Å²) in [4.78, 5) is 24.2. The number of rotatable bonds is 2. The molecule has 2 heterocycles. The quantitative estimate of drug-likeness (QED) is 0.542. The van der Waals surface area contributed by atoms with Crippen LogP contribution in [0.4, 0.5) is 0 Å². The summed E-state index contributed by atoms with van der Waals surface area (Å²) in [7, 11) is 1.50. The highest BCUT2D eigenvalue weighted by molar-refractivity contribution is 6.04. The van der Waals surface area contributed by atoms with Gasteiger partial charge in [0.1, 0.15) is 17.4 Å². The van der Waals surface area contributed by atoms with Crippen molar-refractivity contribution in [2.24, 2.45) is 11.7 Å². The smallest absolute Gasteiger partial charge is 0.263 e. The molecule has 0 spiro atoms. The maximum atomic E-state index is 12.2. The average Bonchev–Trinajstić information content (AvgIpc) is 2.80. The van der Waals surface area contributed by atoms with Crippen molar-refractivity contribution >= 4 is 11.8 Å². The lowest BCUT2D eigenvalue weighted by Gasteiger charge is -2.31. The number of carbonyl (C=O) groups excluding carboxylic acids is 2. The molecule has 1 fully saturated rings. The summed E-state index contributed by atoms with van der Waals surface area (Å²) in [6, 6.07) is 8.03. The van der Waals surface area contributed by atoms with Crippen LogP contribution >= 0.6 is 0 Å². The largest absolute Gasteiger partial charge is 0.497 e. The van der Waals surface area contributed by atoms with Gasteiger partial charge in [-0.05, 0) is 12.1 Å². The van der Waals surface area contributed by atoms with Crippen LogP contribution in [0.1, 0.15) is 5.56 Å². The molecule has 8 heteroatoms. The summed E-state index contributed by atoms with van der Waals surface area (Å²) in [6.45, 7) is 0. The normalized spacial score (nSPS) is 29.5. The number of nitriles is 1. The number of hydrogen-bond acceptors (Lipinski definition) is 6. The molecule has 3 atom stereocenters. The Bertz CT molecular complexity index is 765. The molecule has 0 radical (unpaired) electrons. The lowest BCUT2D eigenvalue weighted by molar-refractivity contribution is -0.125. The van der Waals surface area contributed by atoms with Crippen LogP contribution < -0.4 is 21.1 Å². The van der Waals surface area contributed by atoms with Gasteiger partial charge < -0.3 is 26.2 Å². The second-order valence-corrected chi connectivity index (χ2v) is 5.31. The fourth-order valence-corrected chi connectivity index (χ4v) is 2.96. The SMILES string of the molecule is COc1ccc(C2(O)NC(=O)C3C2=C(C#N)C(=O)NC3N)cc1. The zero-order valence-corrected chi connectivity index (χ0v) is 12.2. The van der Waals surface area contributed by atoms with Gasteiger partial charge >= 0.3 is 0 Å². The van der Waals surface area contributed by atoms with Crippen LogP contribution in [0.25, 0.3) is 0 Å². The van der Waals surface area contributed by atoms with E-state index in [0.29, 0.717) is 11.3 Å². The fourth-order valence-electron chi connectivity index (χ4n) is 2.96. The number of fused-ring (bicyclic) bond motifs is 1. The number of amides is 2. The molecule has 2 aliphatic heterocycles. The van der Waals surface area contributed by atoms with E-state index in [1.807, 2.05) is 0 Å². The molecule has 2 amide bonds. The molecule has 23 heavy (non-hydrogen) atoms. The van der Waals surface area contributed by atoms with Gasteiger partial charge in [0.2, 0.25) is 5.91 Å². The molecule has 1 aromatic rings. The number of methoxy groups -OCH3 is 1. The van der Waals surface area contributed by atoms with Crippen LogP contribution in [0.15, 0.2) is 35.4 Å². The molecule has 0 bridgehead atoms. The topological polar surface area (TPSA) is 137 Å². The summed E-state index contributed by atoms with van der Waals surface area (Å²) in [5.41, 5.74) is 3.80. The molecule has 8 nitrogen and oxygen atoms in total. The van der Waals surface area contributed by atoms with Crippen molar-refractivity contribution in [3.63, 3.8) is 0 Å². The molecular weight excluding hydrogens is 300 g/mol. The average molecular weight is 314 g/mol. The lowest BCUT2D eigenvalue weighted by Crippen LogP contribution is -2.53. The Morgan fingerprint density at radius 2 is 2.00 bits per heavy atom. The number of nitrogens with two attached hydrogens (primary N) is 1. The standard InChI is InChI=1S/C15H14N4O4/c1-23-8-4-2-7(3-5-8)15(22)11-9(6-16)13(20)18-12(17)10(11)14(21)19-15/h2-5,10,12,22H,17H2,1H3,(H,18,20)(H,19,21). The molecule has 118 valence electrons. The lowest BCUT2D eigenvalue weighted by atomic mass is 9.82. The fraction of sp³-hybridized carbons (Fsp3) is 0.267. The summed E-state index contributed by atoms with van der Waals surface area (Å²) >= 11 is 0. The van der Waals surface area contributed by atoms with E-state index >= 15 is 0 Å². The predicted molar refractivity (Wildman–Crippen MR) is 77.3 cm³/mol. The van der Waals surface area contributed by atoms with Gasteiger partial charge in [0.25, 0.3) is 5.91 Å². The molecule has 0 aromatic heterocycles. The van der Waals surface area contributed by atoms with E-state index in [1.165, 1.54) is 7.11 Å². The Morgan fingerprint density at radius 3 is 2.57 bits per heavy atom. The first-order chi connectivity index (χ1) is 10.9. The molecule has 5 N–H and O–H groups in total. The second-order valence-electron chi connectivity index (χ2n) is 5.31. The summed E-state index contributed by atoms with van der Waals surface area (Å²) in [5.74, 6) is -1.71. The van der Waals surface area contributed by atoms with E-state index in [9.17, 15) is 20.0 Å². The minimum absolute atomic E-state index is 0.0218. The first-order valence-corrected chi connectivity index (χ1v) is 6.82. The van der Waals surface area contributed by atoms with Crippen molar-refractivity contribution in [3.05, 3.63) is 41.0 Å². The van der Waals surface area contributed by atoms with Crippen LogP contribution in [-0.2, 0) is 15.3 Å². The maximum absolute atomic E-state index is 12.2. The van der Waals surface area contributed by atoms with E-state index in [0.717, 1.165) is 0 Å². The molecule has 2 aliphatic rings. The van der Waals surface area contributed by atoms with E-state index < -0.39 is 29.6 Å². The summed E-state index contributed by atoms with van der Waals surface area (Å²) < 4.78 is 5.05. The maximum Gasteiger partial charge on any atom is 0.263 e. The number of hydrogen-bond donors (Lipinski definition) is 4. The molecule has 1 saturated heterocycles. The zero-order chi connectivity index (χ0) is 16.8. The van der Waals surface area contributed by atoms with Crippen molar-refractivity contribution < 1.29 is 19.4 Å². The van der Waals surface area contributed by atoms with Crippen LogP contribution in [-0.4, -0.2) is 30.2 Å². The molecule has 0 aliphatic carbocycles. The minimum Gasteiger partial charge on any atom is -0.497 e. The van der Waals surface area contributed by atoms with E-state index in [2.05, 4.69) is 10.6 Å². The van der Waals surface area contributed by atoms with Crippen molar-refractivity contribution in [1.29, 1.82) is 5.26 Å². The Hall–Kier alpha value is -2.89. The zero-order valence-electron chi connectivity index (χ0n) is 12.2. The third-order valence-corrected chi connectivity index (χ3v) is 4.06. The molecule has 3 unspecified atom stereocenters. The van der Waals surface area contributed by atoms with Crippen LogP contribution in [0.3, 0.4) is 0 Å². The molecular formula is C15H14N4O4. The Kier molecular flexibility index (Phi) is 3.32. The van der Waals surface area contributed by atoms with Gasteiger partial charge in [0, 0.05) is 11.1 Å². The van der Waals surface area contributed by atoms with Gasteiger partial charge in [-0.2, -0.15) is 5.26 Å². The Labute approximate surface area is 131 Å². The van der Waals surface area contributed by atoms with Crippen LogP contribution in [0.2, 0.25) is 0 Å². The first-order valence-electron chi connectivity index (χ1n) is 6.82. The van der Waals surface area contributed by atoms with Gasteiger partial charge in [-0.25, -0.2) is 0 Å². The van der Waals surface area contributed by atoms with E-state index in [1.54, 1.807) is 30.3 Å². The van der Waals surface area contributed by atoms with E-state index in [4.69, 9.17) is 10.5 Å². The summed E-state index contributed by atoms with van der Waals surface area (Å²) in [5, 5.41) is 25.1. The highest BCUT2D eigenvalue weighted by Gasteiger charge is 2.55. The van der Waals surface area contributed by atoms with E-state index in [-0.39, 0.29) is 11.1 Å². The third kappa shape index (κ3) is 2.06. The number of benzene rings is 1. The van der Waals surface area contributed by atoms with Crippen molar-refractivity contribution in [2.45, 2.75) is 11.9 Å². The Morgan fingerprint density at radius 1 is 1.35 bits per heavy atom. The van der Waals surface area contributed by atoms with Crippen molar-refractivity contribution in [2.75, 3.05) is 7.11 Å². The van der Waals surface area contributed by atoms with Gasteiger partial charge in [0.05, 0.1) is 19.2 Å². The number of nitrogens with zero attached hydrogens (tertiary/aromatic N) is 1. The predicted octanol–water partition coefficient (Wildman–Crippen LogP) is -1.18. The minimum atomic E-state index is -1.96. The second kappa shape index (κ2) is 5.08. The summed E-state index contributed by atoms with van der Waals surface area (Å²) in [6.07, 6.45) is -1.01. The van der Waals surface area contributed by atoms with Gasteiger partial charge in [-0.1, -0.05) is 12.1 Å². The van der Waals surface area contributed by atoms with Crippen molar-refractivity contribution in [1.82, 2.24) is 10.6 Å². The van der Waals surface area contributed by atoms with Crippen LogP contribution in [0.5, 0.6) is 5.75 Å². The van der Waals surface area contributed by atoms with Crippen LogP contribution in [0, 0.1) is 17.2 Å². The molecule has 0 saturated carbocycles. The highest BCUT2D eigenvalue weighted by Crippen LogP contribution is 2.42. The Balaban J connectivity index is 2.20. The number of nitrogens with one attached hydrogen (secondary N) is 2. The number of aliphatic hydroxyl groups is 1. The van der Waals surface area contributed by atoms with Gasteiger partial charge in [-0.15, -0.1) is 0 Å². The number of ether oxygens (including phenoxy) is 1. The highest BCUT2D eigenvalue weighted by atomic mass is 16.5. The monoisotopic (exact) mass is 314 g/mol. The molecule has 3 rings (SSSR count). The first kappa shape index (κ1) is 15.0. The van der Waals surface area contributed by atoms with Gasteiger partial charge in [0.15, 0.2) is 5.72 Å². The van der Waals surface area contributed by atoms with Crippen molar-refractivity contribution in [3.8, 4) is 11.8 Å². The number of carbonyl (C=O) groups is 2. The third-order valence-electron chi connectivity index (χ3n) is 4.06.